The largest absolute Gasteiger partial charge is 0.726 e. The third kappa shape index (κ3) is 6.09. The number of thioether (sulfide) groups is 1. The Hall–Kier alpha value is -2.17. The summed E-state index contributed by atoms with van der Waals surface area (Å²) in [5.41, 5.74) is 5.42. The first-order valence-electron chi connectivity index (χ1n) is 11.2. The maximum absolute atomic E-state index is 9.45. The van der Waals surface area contributed by atoms with Gasteiger partial charge in [0.05, 0.1) is 17.3 Å². The average molecular weight is 519 g/mol. The highest BCUT2D eigenvalue weighted by molar-refractivity contribution is 8.03. The van der Waals surface area contributed by atoms with Crippen molar-refractivity contribution >= 4 is 55.5 Å². The number of aromatic nitrogens is 1. The molecule has 1 aliphatic heterocycles. The molecule has 2 aromatic carbocycles. The van der Waals surface area contributed by atoms with Gasteiger partial charge in [0.25, 0.3) is 5.01 Å². The molecule has 2 heterocycles. The van der Waals surface area contributed by atoms with Crippen LogP contribution in [-0.2, 0) is 21.1 Å². The van der Waals surface area contributed by atoms with Crippen molar-refractivity contribution in [3.05, 3.63) is 69.7 Å². The molecule has 34 heavy (non-hydrogen) atoms. The van der Waals surface area contributed by atoms with Gasteiger partial charge in [-0.1, -0.05) is 53.4 Å². The second kappa shape index (κ2) is 11.5. The van der Waals surface area contributed by atoms with Gasteiger partial charge in [0.15, 0.2) is 0 Å². The molecule has 182 valence electrons. The van der Waals surface area contributed by atoms with E-state index in [-0.39, 0.29) is 6.61 Å². The van der Waals surface area contributed by atoms with E-state index < -0.39 is 10.4 Å². The number of benzene rings is 2. The molecule has 0 spiro atoms. The summed E-state index contributed by atoms with van der Waals surface area (Å²) in [5, 5.41) is 2.61. The van der Waals surface area contributed by atoms with Gasteiger partial charge in [-0.15, -0.1) is 0 Å². The van der Waals surface area contributed by atoms with Gasteiger partial charge in [0, 0.05) is 23.1 Å². The molecular formula is C25H30N2O4S3. The van der Waals surface area contributed by atoms with Gasteiger partial charge in [0.1, 0.15) is 11.2 Å². The van der Waals surface area contributed by atoms with Crippen LogP contribution >= 0.6 is 23.1 Å². The molecule has 0 saturated heterocycles. The Morgan fingerprint density at radius 2 is 1.79 bits per heavy atom. The Kier molecular flexibility index (Phi) is 8.95. The molecule has 0 bridgehead atoms. The van der Waals surface area contributed by atoms with E-state index in [4.69, 9.17) is 0 Å². The van der Waals surface area contributed by atoms with E-state index in [1.807, 2.05) is 23.1 Å². The van der Waals surface area contributed by atoms with Crippen LogP contribution in [0.15, 0.2) is 58.5 Å². The van der Waals surface area contributed by atoms with Crippen LogP contribution in [0.2, 0.25) is 0 Å². The number of anilines is 1. The molecule has 4 rings (SSSR count). The fourth-order valence-corrected chi connectivity index (χ4v) is 6.63. The number of aryl methyl sites for hydroxylation is 3. The van der Waals surface area contributed by atoms with Crippen LogP contribution in [0.4, 0.5) is 5.69 Å². The molecule has 0 radical (unpaired) electrons. The summed E-state index contributed by atoms with van der Waals surface area (Å²) in [7, 11) is -4.42. The zero-order chi connectivity index (χ0) is 24.9. The summed E-state index contributed by atoms with van der Waals surface area (Å²) in [6.07, 6.45) is 6.72. The lowest BCUT2D eigenvalue weighted by molar-refractivity contribution is -0.665. The molecule has 1 aromatic heterocycles. The molecule has 0 N–H and O–H groups in total. The number of hydrogen-bond donors (Lipinski definition) is 0. The molecular weight excluding hydrogens is 488 g/mol. The molecule has 9 heteroatoms. The van der Waals surface area contributed by atoms with Crippen molar-refractivity contribution in [1.29, 1.82) is 0 Å². The van der Waals surface area contributed by atoms with Crippen LogP contribution in [0.3, 0.4) is 0 Å². The molecule has 0 amide bonds. The zero-order valence-electron chi connectivity index (χ0n) is 20.1. The van der Waals surface area contributed by atoms with Crippen LogP contribution < -0.4 is 9.47 Å². The molecule has 0 atom stereocenters. The van der Waals surface area contributed by atoms with E-state index >= 15 is 0 Å². The van der Waals surface area contributed by atoms with Gasteiger partial charge in [-0.05, 0) is 58.4 Å². The monoisotopic (exact) mass is 518 g/mol. The minimum Gasteiger partial charge on any atom is -0.726 e. The maximum atomic E-state index is 9.45. The van der Waals surface area contributed by atoms with Crippen LogP contribution in [0.25, 0.3) is 16.3 Å². The number of fused-ring (bicyclic) bond motifs is 2. The summed E-state index contributed by atoms with van der Waals surface area (Å²) in [4.78, 5) is 3.78. The first kappa shape index (κ1) is 26.4. The van der Waals surface area contributed by atoms with Crippen molar-refractivity contribution in [3.63, 3.8) is 0 Å². The SMILES string of the molecule is CCN1/C(=C/C=C/c2sc3cccc(C)c3[n+]2CC)Sc2cccc(C)c21.CCOS(=O)(=O)[O-]. The average Bonchev–Trinajstić information content (AvgIpc) is 3.32. The summed E-state index contributed by atoms with van der Waals surface area (Å²) in [6.45, 7) is 12.2. The lowest BCUT2D eigenvalue weighted by Gasteiger charge is -2.19. The highest BCUT2D eigenvalue weighted by Gasteiger charge is 2.25. The van der Waals surface area contributed by atoms with Crippen molar-refractivity contribution in [2.24, 2.45) is 0 Å². The summed E-state index contributed by atoms with van der Waals surface area (Å²) < 4.78 is 35.8. The lowest BCUT2D eigenvalue weighted by atomic mass is 10.2. The van der Waals surface area contributed by atoms with Gasteiger partial charge < -0.3 is 9.45 Å². The quantitative estimate of drug-likeness (QED) is 0.233. The van der Waals surface area contributed by atoms with E-state index in [9.17, 15) is 13.0 Å². The summed E-state index contributed by atoms with van der Waals surface area (Å²) >= 11 is 3.74. The number of hydrogen-bond acceptors (Lipinski definition) is 7. The maximum Gasteiger partial charge on any atom is 0.262 e. The van der Waals surface area contributed by atoms with Gasteiger partial charge in [-0.2, -0.15) is 4.57 Å². The molecule has 3 aromatic rings. The number of thiazole rings is 1. The lowest BCUT2D eigenvalue weighted by Crippen LogP contribution is -2.33. The van der Waals surface area contributed by atoms with E-state index in [2.05, 4.69) is 96.0 Å². The van der Waals surface area contributed by atoms with Crippen LogP contribution in [0.5, 0.6) is 0 Å². The molecule has 0 saturated carbocycles. The third-order valence-corrected chi connectivity index (χ3v) is 8.03. The summed E-state index contributed by atoms with van der Waals surface area (Å²) in [6, 6.07) is 13.1. The van der Waals surface area contributed by atoms with Crippen molar-refractivity contribution < 1.29 is 21.7 Å². The standard InChI is InChI=1S/C23H25N2S2.C2H6O4S/c1-5-24-20(26-18-12-7-10-16(3)22(18)24)14-9-15-21-25(6-2)23-17(4)11-8-13-19(23)27-21;1-2-6-7(3,4)5/h7-15H,5-6H2,1-4H3;2H2,1H3,(H,3,4,5)/q+1;/p-1. The van der Waals surface area contributed by atoms with Gasteiger partial charge in [-0.3, -0.25) is 4.18 Å². The fraction of sp³-hybridized carbons (Fsp3) is 0.320. The van der Waals surface area contributed by atoms with Crippen LogP contribution in [-0.4, -0.2) is 26.1 Å². The van der Waals surface area contributed by atoms with E-state index in [1.54, 1.807) is 0 Å². The third-order valence-electron chi connectivity index (χ3n) is 5.27. The number of rotatable bonds is 6. The highest BCUT2D eigenvalue weighted by atomic mass is 32.3. The second-order valence-corrected chi connectivity index (χ2v) is 10.7. The predicted octanol–water partition coefficient (Wildman–Crippen LogP) is 5.80. The first-order valence-corrected chi connectivity index (χ1v) is 14.1. The molecule has 0 aliphatic carbocycles. The minimum atomic E-state index is -4.42. The minimum absolute atomic E-state index is 0.0914. The Balaban J connectivity index is 0.000000406. The van der Waals surface area contributed by atoms with Gasteiger partial charge >= 0.3 is 0 Å². The van der Waals surface area contributed by atoms with Gasteiger partial charge in [0.2, 0.25) is 15.9 Å². The molecule has 1 aliphatic rings. The zero-order valence-corrected chi connectivity index (χ0v) is 22.5. The van der Waals surface area contributed by atoms with E-state index in [1.165, 1.54) is 48.9 Å². The van der Waals surface area contributed by atoms with Crippen molar-refractivity contribution in [3.8, 4) is 0 Å². The molecule has 6 nitrogen and oxygen atoms in total. The number of para-hydroxylation sites is 2. The van der Waals surface area contributed by atoms with Crippen LogP contribution in [0, 0.1) is 13.8 Å². The normalized spacial score (nSPS) is 14.6. The molecule has 0 fully saturated rings. The fourth-order valence-electron chi connectivity index (χ4n) is 3.91. The van der Waals surface area contributed by atoms with E-state index in [0.717, 1.165) is 13.1 Å². The van der Waals surface area contributed by atoms with Gasteiger partial charge in [-0.25, -0.2) is 8.42 Å². The van der Waals surface area contributed by atoms with Crippen molar-refractivity contribution in [1.82, 2.24) is 0 Å². The Morgan fingerprint density at radius 3 is 2.41 bits per heavy atom. The highest BCUT2D eigenvalue weighted by Crippen LogP contribution is 2.47. The van der Waals surface area contributed by atoms with Crippen molar-refractivity contribution in [2.75, 3.05) is 18.1 Å². The Morgan fingerprint density at radius 1 is 1.09 bits per heavy atom. The smallest absolute Gasteiger partial charge is 0.262 e. The topological polar surface area (TPSA) is 73.5 Å². The van der Waals surface area contributed by atoms with Crippen molar-refractivity contribution in [2.45, 2.75) is 46.1 Å². The summed E-state index contributed by atoms with van der Waals surface area (Å²) in [5.74, 6) is 0. The number of allylic oxidation sites excluding steroid dienone is 2. The Bertz CT molecular complexity index is 1330. The number of nitrogens with zero attached hydrogens (tertiary/aromatic N) is 2. The first-order chi connectivity index (χ1) is 16.2. The molecule has 0 unspecified atom stereocenters. The van der Waals surface area contributed by atoms with Crippen LogP contribution in [0.1, 0.15) is 36.9 Å². The predicted molar refractivity (Wildman–Crippen MR) is 141 cm³/mol. The second-order valence-electron chi connectivity index (χ2n) is 7.55. The van der Waals surface area contributed by atoms with E-state index in [0.29, 0.717) is 0 Å². The Labute approximate surface area is 210 Å².